The molecule has 1 aromatic heterocycles. The van der Waals surface area contributed by atoms with Gasteiger partial charge in [-0.1, -0.05) is 13.0 Å². The molecule has 6 heteroatoms. The lowest BCUT2D eigenvalue weighted by atomic mass is 10.1. The average Bonchev–Trinajstić information content (AvgIpc) is 2.78. The summed E-state index contributed by atoms with van der Waals surface area (Å²) < 4.78 is 0. The molecule has 1 aromatic carbocycles. The molecule has 0 fully saturated rings. The summed E-state index contributed by atoms with van der Waals surface area (Å²) >= 11 is 1.48. The predicted molar refractivity (Wildman–Crippen MR) is 83.2 cm³/mol. The highest BCUT2D eigenvalue weighted by Crippen LogP contribution is 2.24. The first-order chi connectivity index (χ1) is 9.55. The topological polar surface area (TPSA) is 80.0 Å². The summed E-state index contributed by atoms with van der Waals surface area (Å²) in [7, 11) is 0. The molecule has 4 N–H and O–H groups in total. The maximum Gasteiger partial charge on any atom is 0.259 e. The molecule has 1 heterocycles. The molecule has 0 spiro atoms. The smallest absolute Gasteiger partial charge is 0.259 e. The average molecular weight is 290 g/mol. The summed E-state index contributed by atoms with van der Waals surface area (Å²) in [5.41, 5.74) is 5.71. The van der Waals surface area contributed by atoms with Crippen LogP contribution in [-0.4, -0.2) is 10.9 Å². The van der Waals surface area contributed by atoms with Crippen molar-refractivity contribution < 1.29 is 4.79 Å². The van der Waals surface area contributed by atoms with E-state index in [-0.39, 0.29) is 5.91 Å². The molecule has 106 valence electrons. The van der Waals surface area contributed by atoms with Crippen LogP contribution in [0.1, 0.15) is 33.4 Å². The molecular formula is C14H18N4OS. The third-order valence-corrected chi connectivity index (χ3v) is 3.95. The van der Waals surface area contributed by atoms with Crippen LogP contribution < -0.4 is 16.6 Å². The number of thiazole rings is 1. The second-order valence-corrected chi connectivity index (χ2v) is 5.73. The van der Waals surface area contributed by atoms with Gasteiger partial charge in [-0.25, -0.2) is 4.98 Å². The highest BCUT2D eigenvalue weighted by molar-refractivity contribution is 7.15. The van der Waals surface area contributed by atoms with Crippen LogP contribution in [0.5, 0.6) is 0 Å². The first kappa shape index (κ1) is 14.5. The van der Waals surface area contributed by atoms with Crippen molar-refractivity contribution in [2.75, 3.05) is 10.7 Å². The fraction of sp³-hybridized carbons (Fsp3) is 0.286. The van der Waals surface area contributed by atoms with E-state index in [2.05, 4.69) is 15.7 Å². The van der Waals surface area contributed by atoms with E-state index in [0.29, 0.717) is 16.4 Å². The number of benzene rings is 1. The minimum absolute atomic E-state index is 0.214. The first-order valence-corrected chi connectivity index (χ1v) is 7.21. The fourth-order valence-electron chi connectivity index (χ4n) is 1.95. The monoisotopic (exact) mass is 290 g/mol. The van der Waals surface area contributed by atoms with Crippen LogP contribution in [0.15, 0.2) is 18.2 Å². The quantitative estimate of drug-likeness (QED) is 0.597. The van der Waals surface area contributed by atoms with Crippen LogP contribution in [0, 0.1) is 13.8 Å². The molecule has 0 radical (unpaired) electrons. The number of amides is 1. The predicted octanol–water partition coefficient (Wildman–Crippen LogP) is 2.86. The molecule has 0 saturated carbocycles. The third-order valence-electron chi connectivity index (χ3n) is 3.02. The van der Waals surface area contributed by atoms with Crippen molar-refractivity contribution in [3.63, 3.8) is 0 Å². The zero-order valence-electron chi connectivity index (χ0n) is 11.8. The van der Waals surface area contributed by atoms with Gasteiger partial charge < -0.3 is 5.43 Å². The summed E-state index contributed by atoms with van der Waals surface area (Å²) in [4.78, 5) is 17.8. The number of hydrogen-bond donors (Lipinski definition) is 3. The van der Waals surface area contributed by atoms with E-state index in [1.54, 1.807) is 6.07 Å². The second kappa shape index (κ2) is 6.02. The largest absolute Gasteiger partial charge is 0.323 e. The highest BCUT2D eigenvalue weighted by atomic mass is 32.1. The van der Waals surface area contributed by atoms with Gasteiger partial charge in [0, 0.05) is 4.88 Å². The van der Waals surface area contributed by atoms with E-state index < -0.39 is 0 Å². The van der Waals surface area contributed by atoms with Crippen molar-refractivity contribution in [3.05, 3.63) is 39.9 Å². The van der Waals surface area contributed by atoms with Gasteiger partial charge in [0.05, 0.1) is 16.9 Å². The van der Waals surface area contributed by atoms with Crippen molar-refractivity contribution >= 4 is 28.1 Å². The third kappa shape index (κ3) is 2.97. The molecule has 2 rings (SSSR count). The fourth-order valence-corrected chi connectivity index (χ4v) is 2.85. The Morgan fingerprint density at radius 2 is 2.15 bits per heavy atom. The Bertz CT molecular complexity index is 636. The maximum absolute atomic E-state index is 12.3. The maximum atomic E-state index is 12.3. The molecule has 2 aromatic rings. The van der Waals surface area contributed by atoms with E-state index in [1.807, 2.05) is 32.9 Å². The van der Waals surface area contributed by atoms with E-state index in [0.717, 1.165) is 22.6 Å². The summed E-state index contributed by atoms with van der Waals surface area (Å²) in [6, 6.07) is 5.46. The zero-order chi connectivity index (χ0) is 14.7. The normalized spacial score (nSPS) is 10.4. The molecule has 20 heavy (non-hydrogen) atoms. The van der Waals surface area contributed by atoms with Crippen molar-refractivity contribution in [1.82, 2.24) is 4.98 Å². The minimum atomic E-state index is -0.214. The Kier molecular flexibility index (Phi) is 4.36. The minimum Gasteiger partial charge on any atom is -0.323 e. The SMILES string of the molecule is CCc1nc(NC(=O)c2ccc(C)cc2NN)sc1C. The molecule has 0 aliphatic carbocycles. The van der Waals surface area contributed by atoms with Gasteiger partial charge in [0.1, 0.15) is 0 Å². The van der Waals surface area contributed by atoms with Gasteiger partial charge in [-0.05, 0) is 38.0 Å². The lowest BCUT2D eigenvalue weighted by Gasteiger charge is -2.09. The first-order valence-electron chi connectivity index (χ1n) is 6.40. The van der Waals surface area contributed by atoms with Crippen LogP contribution in [-0.2, 0) is 6.42 Å². The number of nitrogens with one attached hydrogen (secondary N) is 2. The van der Waals surface area contributed by atoms with Crippen LogP contribution in [0.25, 0.3) is 0 Å². The number of nitrogen functional groups attached to an aromatic ring is 1. The standard InChI is InChI=1S/C14H18N4OS/c1-4-11-9(3)20-14(16-11)17-13(19)10-6-5-8(2)7-12(10)18-15/h5-7,18H,4,15H2,1-3H3,(H,16,17,19). The lowest BCUT2D eigenvalue weighted by molar-refractivity contribution is 0.102. The molecule has 0 bridgehead atoms. The van der Waals surface area contributed by atoms with Crippen molar-refractivity contribution in [1.29, 1.82) is 0 Å². The number of carbonyl (C=O) groups excluding carboxylic acids is 1. The Hall–Kier alpha value is -1.92. The van der Waals surface area contributed by atoms with Gasteiger partial charge in [-0.15, -0.1) is 11.3 Å². The molecule has 0 unspecified atom stereocenters. The number of aromatic nitrogens is 1. The van der Waals surface area contributed by atoms with Gasteiger partial charge in [0.15, 0.2) is 5.13 Å². The van der Waals surface area contributed by atoms with Gasteiger partial charge in [0.25, 0.3) is 5.91 Å². The van der Waals surface area contributed by atoms with Gasteiger partial charge in [0.2, 0.25) is 0 Å². The van der Waals surface area contributed by atoms with Crippen LogP contribution in [0.4, 0.5) is 10.8 Å². The summed E-state index contributed by atoms with van der Waals surface area (Å²) in [6.45, 7) is 6.00. The van der Waals surface area contributed by atoms with E-state index in [4.69, 9.17) is 5.84 Å². The Morgan fingerprint density at radius 3 is 2.75 bits per heavy atom. The molecule has 1 amide bonds. The number of anilines is 2. The van der Waals surface area contributed by atoms with E-state index in [1.165, 1.54) is 11.3 Å². The van der Waals surface area contributed by atoms with Gasteiger partial charge in [-0.2, -0.15) is 0 Å². The molecular weight excluding hydrogens is 272 g/mol. The number of hydrogen-bond acceptors (Lipinski definition) is 5. The van der Waals surface area contributed by atoms with Crippen molar-refractivity contribution in [2.45, 2.75) is 27.2 Å². The van der Waals surface area contributed by atoms with E-state index in [9.17, 15) is 4.79 Å². The zero-order valence-corrected chi connectivity index (χ0v) is 12.6. The molecule has 0 saturated heterocycles. The number of aryl methyl sites for hydroxylation is 3. The molecule has 0 atom stereocenters. The number of nitrogens with zero attached hydrogens (tertiary/aromatic N) is 1. The van der Waals surface area contributed by atoms with Gasteiger partial charge >= 0.3 is 0 Å². The van der Waals surface area contributed by atoms with Crippen molar-refractivity contribution in [3.8, 4) is 0 Å². The molecule has 0 aliphatic heterocycles. The molecule has 0 aliphatic rings. The summed E-state index contributed by atoms with van der Waals surface area (Å²) in [5, 5.41) is 3.44. The summed E-state index contributed by atoms with van der Waals surface area (Å²) in [6.07, 6.45) is 0.859. The second-order valence-electron chi connectivity index (χ2n) is 4.52. The summed E-state index contributed by atoms with van der Waals surface area (Å²) in [5.74, 6) is 5.24. The Labute approximate surface area is 122 Å². The Balaban J connectivity index is 2.23. The molecule has 5 nitrogen and oxygen atoms in total. The van der Waals surface area contributed by atoms with Gasteiger partial charge in [-0.3, -0.25) is 16.0 Å². The Morgan fingerprint density at radius 1 is 1.40 bits per heavy atom. The van der Waals surface area contributed by atoms with E-state index >= 15 is 0 Å². The number of nitrogens with two attached hydrogens (primary N) is 1. The number of rotatable bonds is 4. The number of carbonyl (C=O) groups is 1. The number of hydrazine groups is 1. The lowest BCUT2D eigenvalue weighted by Crippen LogP contribution is -2.17. The highest BCUT2D eigenvalue weighted by Gasteiger charge is 2.14. The van der Waals surface area contributed by atoms with Crippen molar-refractivity contribution in [2.24, 2.45) is 5.84 Å². The van der Waals surface area contributed by atoms with Crippen LogP contribution in [0.2, 0.25) is 0 Å². The van der Waals surface area contributed by atoms with Crippen LogP contribution in [0.3, 0.4) is 0 Å². The van der Waals surface area contributed by atoms with Crippen LogP contribution >= 0.6 is 11.3 Å².